The number of halogens is 2. The second kappa shape index (κ2) is 12.5. The van der Waals surface area contributed by atoms with E-state index < -0.39 is 6.04 Å². The molecule has 1 aromatic carbocycles. The Hall–Kier alpha value is -1.86. The van der Waals surface area contributed by atoms with Crippen molar-refractivity contribution in [1.82, 2.24) is 4.98 Å². The largest absolute Gasteiger partial charge is 0.497 e. The van der Waals surface area contributed by atoms with Crippen LogP contribution in [0, 0.1) is 0 Å². The van der Waals surface area contributed by atoms with Crippen molar-refractivity contribution in [2.24, 2.45) is 11.5 Å². The van der Waals surface area contributed by atoms with Crippen molar-refractivity contribution in [2.45, 2.75) is 25.3 Å². The average Bonchev–Trinajstić information content (AvgIpc) is 2.62. The van der Waals surface area contributed by atoms with Gasteiger partial charge in [-0.3, -0.25) is 4.79 Å². The molecule has 0 bridgehead atoms. The second-order valence-electron chi connectivity index (χ2n) is 5.54. The zero-order chi connectivity index (χ0) is 17.4. The molecule has 144 valence electrons. The zero-order valence-corrected chi connectivity index (χ0v) is 16.3. The van der Waals surface area contributed by atoms with Crippen LogP contribution in [-0.2, 0) is 4.79 Å². The molecule has 1 amide bonds. The molecular formula is C18H26Cl2N4O2. The topological polar surface area (TPSA) is 103 Å². The molecule has 8 heteroatoms. The quantitative estimate of drug-likeness (QED) is 0.590. The van der Waals surface area contributed by atoms with Crippen molar-refractivity contribution in [3.63, 3.8) is 0 Å². The Morgan fingerprint density at radius 2 is 1.96 bits per heavy atom. The van der Waals surface area contributed by atoms with Crippen LogP contribution in [-0.4, -0.2) is 30.6 Å². The highest BCUT2D eigenvalue weighted by atomic mass is 35.5. The van der Waals surface area contributed by atoms with E-state index in [9.17, 15) is 4.79 Å². The van der Waals surface area contributed by atoms with Gasteiger partial charge in [0.2, 0.25) is 5.91 Å². The number of aromatic nitrogens is 1. The molecule has 0 radical (unpaired) electrons. The third-order valence-corrected chi connectivity index (χ3v) is 3.72. The fraction of sp³-hybridized carbons (Fsp3) is 0.333. The van der Waals surface area contributed by atoms with Crippen molar-refractivity contribution in [2.75, 3.05) is 19.0 Å². The minimum atomic E-state index is -0.545. The molecule has 0 aliphatic rings. The summed E-state index contributed by atoms with van der Waals surface area (Å²) >= 11 is 0. The number of nitrogens with one attached hydrogen (secondary N) is 1. The van der Waals surface area contributed by atoms with Crippen LogP contribution in [0.4, 0.5) is 5.82 Å². The van der Waals surface area contributed by atoms with Crippen molar-refractivity contribution < 1.29 is 9.53 Å². The first-order chi connectivity index (χ1) is 11.6. The maximum absolute atomic E-state index is 12.0. The standard InChI is InChI=1S/C18H24N4O2.2ClH/c1-24-15-6-4-5-13(11-15)14-8-9-17(21-12-14)22-18(23)16(20)7-2-3-10-19;;/h4-6,8-9,11-12,16H,2-3,7,10,19-20H2,1H3,(H,21,22,23);2*1H. The van der Waals surface area contributed by atoms with Gasteiger partial charge in [0.05, 0.1) is 13.2 Å². The van der Waals surface area contributed by atoms with Crippen molar-refractivity contribution in [3.05, 3.63) is 42.6 Å². The number of nitrogens with two attached hydrogens (primary N) is 2. The maximum atomic E-state index is 12.0. The van der Waals surface area contributed by atoms with Crippen molar-refractivity contribution in [3.8, 4) is 16.9 Å². The number of pyridine rings is 1. The van der Waals surface area contributed by atoms with E-state index >= 15 is 0 Å². The molecule has 0 aliphatic heterocycles. The Kier molecular flexibility index (Phi) is 11.6. The van der Waals surface area contributed by atoms with E-state index in [-0.39, 0.29) is 30.7 Å². The number of carbonyl (C=O) groups is 1. The van der Waals surface area contributed by atoms with Gasteiger partial charge in [-0.25, -0.2) is 4.98 Å². The minimum Gasteiger partial charge on any atom is -0.497 e. The van der Waals surface area contributed by atoms with Crippen LogP contribution in [0.15, 0.2) is 42.6 Å². The molecule has 0 fully saturated rings. The molecule has 2 rings (SSSR count). The Morgan fingerprint density at radius 1 is 1.19 bits per heavy atom. The van der Waals surface area contributed by atoms with Crippen LogP contribution in [0.3, 0.4) is 0 Å². The Morgan fingerprint density at radius 3 is 2.58 bits per heavy atom. The summed E-state index contributed by atoms with van der Waals surface area (Å²) in [5.41, 5.74) is 13.2. The molecule has 0 aliphatic carbocycles. The molecule has 6 nitrogen and oxygen atoms in total. The highest BCUT2D eigenvalue weighted by Gasteiger charge is 2.13. The molecule has 1 aromatic heterocycles. The fourth-order valence-electron chi connectivity index (χ4n) is 2.30. The second-order valence-corrected chi connectivity index (χ2v) is 5.54. The summed E-state index contributed by atoms with van der Waals surface area (Å²) in [7, 11) is 1.63. The Balaban J connectivity index is 0.00000312. The molecule has 0 saturated heterocycles. The lowest BCUT2D eigenvalue weighted by atomic mass is 10.1. The number of hydrogen-bond donors (Lipinski definition) is 3. The number of benzene rings is 1. The van der Waals surface area contributed by atoms with Crippen LogP contribution < -0.4 is 21.5 Å². The van der Waals surface area contributed by atoms with E-state index in [1.165, 1.54) is 0 Å². The molecular weight excluding hydrogens is 375 g/mol. The first-order valence-electron chi connectivity index (χ1n) is 8.01. The normalized spacial score (nSPS) is 10.9. The number of methoxy groups -OCH3 is 1. The number of ether oxygens (including phenoxy) is 1. The lowest BCUT2D eigenvalue weighted by Gasteiger charge is -2.12. The van der Waals surface area contributed by atoms with E-state index in [0.717, 1.165) is 29.7 Å². The number of carbonyl (C=O) groups excluding carboxylic acids is 1. The molecule has 1 atom stereocenters. The van der Waals surface area contributed by atoms with Crippen LogP contribution in [0.1, 0.15) is 19.3 Å². The third kappa shape index (κ3) is 7.17. The third-order valence-electron chi connectivity index (χ3n) is 3.72. The van der Waals surface area contributed by atoms with Crippen molar-refractivity contribution >= 4 is 36.5 Å². The predicted octanol–water partition coefficient (Wildman–Crippen LogP) is 3.00. The zero-order valence-electron chi connectivity index (χ0n) is 14.7. The summed E-state index contributed by atoms with van der Waals surface area (Å²) in [4.78, 5) is 16.3. The molecule has 26 heavy (non-hydrogen) atoms. The van der Waals surface area contributed by atoms with Gasteiger partial charge in [0, 0.05) is 11.8 Å². The van der Waals surface area contributed by atoms with E-state index in [1.54, 1.807) is 19.4 Å². The Labute approximate surface area is 166 Å². The highest BCUT2D eigenvalue weighted by Crippen LogP contribution is 2.23. The molecule has 5 N–H and O–H groups in total. The van der Waals surface area contributed by atoms with E-state index in [1.807, 2.05) is 30.3 Å². The molecule has 2 aromatic rings. The minimum absolute atomic E-state index is 0. The molecule has 1 unspecified atom stereocenters. The summed E-state index contributed by atoms with van der Waals surface area (Å²) in [6.45, 7) is 0.613. The summed E-state index contributed by atoms with van der Waals surface area (Å²) in [6, 6.07) is 10.8. The summed E-state index contributed by atoms with van der Waals surface area (Å²) in [5, 5.41) is 2.74. The number of amides is 1. The van der Waals surface area contributed by atoms with Gasteiger partial charge in [-0.1, -0.05) is 18.6 Å². The van der Waals surface area contributed by atoms with Gasteiger partial charge in [-0.15, -0.1) is 24.8 Å². The first kappa shape index (κ1) is 24.1. The van der Waals surface area contributed by atoms with Gasteiger partial charge >= 0.3 is 0 Å². The van der Waals surface area contributed by atoms with E-state index in [4.69, 9.17) is 16.2 Å². The van der Waals surface area contributed by atoms with Gasteiger partial charge in [0.15, 0.2) is 0 Å². The van der Waals surface area contributed by atoms with Crippen LogP contribution >= 0.6 is 24.8 Å². The van der Waals surface area contributed by atoms with Gasteiger partial charge in [-0.2, -0.15) is 0 Å². The summed E-state index contributed by atoms with van der Waals surface area (Å²) in [5.74, 6) is 1.04. The molecule has 0 saturated carbocycles. The van der Waals surface area contributed by atoms with Crippen LogP contribution in [0.2, 0.25) is 0 Å². The summed E-state index contributed by atoms with van der Waals surface area (Å²) < 4.78 is 5.22. The Bertz CT molecular complexity index is 668. The lowest BCUT2D eigenvalue weighted by Crippen LogP contribution is -2.35. The van der Waals surface area contributed by atoms with Gasteiger partial charge in [0.1, 0.15) is 11.6 Å². The summed E-state index contributed by atoms with van der Waals surface area (Å²) in [6.07, 6.45) is 4.04. The molecule has 0 spiro atoms. The van der Waals surface area contributed by atoms with Gasteiger partial charge < -0.3 is 21.5 Å². The van der Waals surface area contributed by atoms with E-state index in [2.05, 4.69) is 10.3 Å². The maximum Gasteiger partial charge on any atom is 0.242 e. The SMILES string of the molecule is COc1cccc(-c2ccc(NC(=O)C(N)CCCCN)nc2)c1.Cl.Cl. The number of hydrogen-bond acceptors (Lipinski definition) is 5. The number of nitrogens with zero attached hydrogens (tertiary/aromatic N) is 1. The van der Waals surface area contributed by atoms with E-state index in [0.29, 0.717) is 18.8 Å². The van der Waals surface area contributed by atoms with Crippen LogP contribution in [0.25, 0.3) is 11.1 Å². The average molecular weight is 401 g/mol. The van der Waals surface area contributed by atoms with Crippen molar-refractivity contribution in [1.29, 1.82) is 0 Å². The lowest BCUT2D eigenvalue weighted by molar-refractivity contribution is -0.117. The number of rotatable bonds is 8. The fourth-order valence-corrected chi connectivity index (χ4v) is 2.30. The van der Waals surface area contributed by atoms with Crippen LogP contribution in [0.5, 0.6) is 5.75 Å². The molecule has 1 heterocycles. The first-order valence-corrected chi connectivity index (χ1v) is 8.01. The highest BCUT2D eigenvalue weighted by molar-refractivity contribution is 5.93. The van der Waals surface area contributed by atoms with Gasteiger partial charge in [-0.05, 0) is 49.2 Å². The monoisotopic (exact) mass is 400 g/mol. The predicted molar refractivity (Wildman–Crippen MR) is 110 cm³/mol. The number of anilines is 1. The smallest absolute Gasteiger partial charge is 0.242 e. The number of unbranched alkanes of at least 4 members (excludes halogenated alkanes) is 1. The van der Waals surface area contributed by atoms with Gasteiger partial charge in [0.25, 0.3) is 0 Å².